The fourth-order valence-corrected chi connectivity index (χ4v) is 1.35. The van der Waals surface area contributed by atoms with Gasteiger partial charge >= 0.3 is 58.2 Å². The van der Waals surface area contributed by atoms with Gasteiger partial charge in [-0.1, -0.05) is 11.8 Å². The van der Waals surface area contributed by atoms with Crippen LogP contribution in [0.3, 0.4) is 0 Å². The smallest absolute Gasteiger partial charge is 0.870 e. The monoisotopic (exact) mass is 274 g/mol. The molecular weight excluding hydrogens is 266 g/mol. The summed E-state index contributed by atoms with van der Waals surface area (Å²) < 4.78 is 4.92. The van der Waals surface area contributed by atoms with E-state index in [0.717, 1.165) is 16.6 Å². The zero-order valence-electron chi connectivity index (χ0n) is 8.94. The first kappa shape index (κ1) is 13.0. The molecule has 15 heavy (non-hydrogen) atoms. The van der Waals surface area contributed by atoms with Crippen LogP contribution in [0.4, 0.5) is 0 Å². The molecule has 72 valence electrons. The van der Waals surface area contributed by atoms with Crippen LogP contribution in [-0.2, 0) is 0 Å². The molecule has 0 N–H and O–H groups in total. The third-order valence-corrected chi connectivity index (χ3v) is 2.12. The van der Waals surface area contributed by atoms with Crippen molar-refractivity contribution in [2.24, 2.45) is 0 Å². The Labute approximate surface area is 136 Å². The van der Waals surface area contributed by atoms with Crippen LogP contribution in [0.2, 0.25) is 0 Å². The van der Waals surface area contributed by atoms with E-state index >= 15 is 0 Å². The van der Waals surface area contributed by atoms with E-state index in [2.05, 4.69) is 9.97 Å². The fraction of sp³-hybridized carbons (Fsp3) is 0.200. The van der Waals surface area contributed by atoms with Gasteiger partial charge in [0.15, 0.2) is 0 Å². The molecule has 0 fully saturated rings. The van der Waals surface area contributed by atoms with Gasteiger partial charge in [-0.2, -0.15) is 0 Å². The van der Waals surface area contributed by atoms with Gasteiger partial charge in [0.2, 0.25) is 0 Å². The summed E-state index contributed by atoms with van der Waals surface area (Å²) in [7, 11) is 1.47. The Morgan fingerprint density at radius 2 is 2.00 bits per heavy atom. The van der Waals surface area contributed by atoms with Crippen LogP contribution in [0.5, 0.6) is 11.5 Å². The van der Waals surface area contributed by atoms with E-state index in [1.54, 1.807) is 6.07 Å². The second-order valence-electron chi connectivity index (χ2n) is 2.98. The molecule has 4 nitrogen and oxygen atoms in total. The molecule has 0 aliphatic heterocycles. The summed E-state index contributed by atoms with van der Waals surface area (Å²) in [5, 5.41) is 12.2. The molecular formula is C10H9N2O2Rb. The van der Waals surface area contributed by atoms with E-state index in [4.69, 9.17) is 4.74 Å². The van der Waals surface area contributed by atoms with Gasteiger partial charge in [0, 0.05) is 17.1 Å². The largest absolute Gasteiger partial charge is 1.00 e. The van der Waals surface area contributed by atoms with Gasteiger partial charge in [0.05, 0.1) is 12.6 Å². The average Bonchev–Trinajstić information content (AvgIpc) is 2.19. The number of aromatic nitrogens is 2. The van der Waals surface area contributed by atoms with E-state index < -0.39 is 0 Å². The zero-order valence-corrected chi connectivity index (χ0v) is 13.9. The Kier molecular flexibility index (Phi) is 4.64. The molecule has 1 heterocycles. The molecule has 0 atom stereocenters. The Morgan fingerprint density at radius 3 is 2.67 bits per heavy atom. The summed E-state index contributed by atoms with van der Waals surface area (Å²) in [5.74, 6) is 0.175. The molecule has 0 spiro atoms. The van der Waals surface area contributed by atoms with Crippen molar-refractivity contribution >= 4 is 10.9 Å². The van der Waals surface area contributed by atoms with Crippen LogP contribution >= 0.6 is 0 Å². The quantitative estimate of drug-likeness (QED) is 0.605. The Morgan fingerprint density at radius 1 is 1.27 bits per heavy atom. The third-order valence-electron chi connectivity index (χ3n) is 2.12. The Balaban J connectivity index is 0.00000112. The Hall–Kier alpha value is -0.0348. The van der Waals surface area contributed by atoms with Crippen molar-refractivity contribution < 1.29 is 68.0 Å². The van der Waals surface area contributed by atoms with Gasteiger partial charge in [0.25, 0.3) is 0 Å². The predicted molar refractivity (Wildman–Crippen MR) is 50.3 cm³/mol. The molecule has 2 rings (SSSR count). The third kappa shape index (κ3) is 2.56. The number of ether oxygens (including phenoxy) is 1. The molecule has 0 saturated heterocycles. The topological polar surface area (TPSA) is 58.1 Å². The molecule has 0 bridgehead atoms. The molecule has 2 aromatic rings. The molecule has 0 unspecified atom stereocenters. The van der Waals surface area contributed by atoms with E-state index in [0.29, 0.717) is 5.75 Å². The van der Waals surface area contributed by atoms with E-state index in [-0.39, 0.29) is 63.9 Å². The van der Waals surface area contributed by atoms with Gasteiger partial charge in [-0.3, -0.25) is 0 Å². The molecule has 1 aromatic heterocycles. The van der Waals surface area contributed by atoms with Crippen LogP contribution in [0.25, 0.3) is 10.9 Å². The summed E-state index contributed by atoms with van der Waals surface area (Å²) in [6, 6.07) is 3.13. The van der Waals surface area contributed by atoms with Gasteiger partial charge < -0.3 is 9.84 Å². The number of hydrogen-bond acceptors (Lipinski definition) is 4. The second kappa shape index (κ2) is 5.34. The molecule has 0 aliphatic carbocycles. The predicted octanol–water partition coefficient (Wildman–Crippen LogP) is -1.98. The van der Waals surface area contributed by atoms with Crippen LogP contribution in [0.15, 0.2) is 18.5 Å². The number of hydrogen-bond donors (Lipinski definition) is 0. The van der Waals surface area contributed by atoms with Gasteiger partial charge in [-0.15, -0.1) is 0 Å². The van der Waals surface area contributed by atoms with Gasteiger partial charge in [0.1, 0.15) is 12.1 Å². The molecule has 0 amide bonds. The summed E-state index contributed by atoms with van der Waals surface area (Å²) in [6.07, 6.45) is 1.47. The van der Waals surface area contributed by atoms with E-state index in [1.165, 1.54) is 19.5 Å². The van der Waals surface area contributed by atoms with Crippen molar-refractivity contribution in [2.75, 3.05) is 7.11 Å². The minimum atomic E-state index is -0.141. The molecule has 0 saturated carbocycles. The first-order valence-corrected chi connectivity index (χ1v) is 4.18. The number of nitrogens with zero attached hydrogens (tertiary/aromatic N) is 2. The average molecular weight is 275 g/mol. The fourth-order valence-electron chi connectivity index (χ4n) is 1.35. The first-order valence-electron chi connectivity index (χ1n) is 4.18. The normalized spacial score (nSPS) is 9.73. The van der Waals surface area contributed by atoms with Crippen LogP contribution < -0.4 is 68.0 Å². The summed E-state index contributed by atoms with van der Waals surface area (Å²) in [6.45, 7) is 1.84. The molecule has 0 aliphatic rings. The van der Waals surface area contributed by atoms with Gasteiger partial charge in [-0.05, 0) is 6.92 Å². The van der Waals surface area contributed by atoms with Crippen molar-refractivity contribution in [1.29, 1.82) is 0 Å². The maximum atomic E-state index is 11.4. The Bertz CT molecular complexity index is 488. The number of benzene rings is 1. The minimum Gasteiger partial charge on any atom is -0.870 e. The van der Waals surface area contributed by atoms with Crippen molar-refractivity contribution in [3.05, 3.63) is 24.2 Å². The van der Waals surface area contributed by atoms with Crippen LogP contribution in [-0.4, -0.2) is 17.1 Å². The van der Waals surface area contributed by atoms with Crippen molar-refractivity contribution in [1.82, 2.24) is 9.97 Å². The SMILES string of the molecule is COc1cc2ncnc(C)c2cc1[O-].[Rb+]. The summed E-state index contributed by atoms with van der Waals surface area (Å²) >= 11 is 0. The zero-order chi connectivity index (χ0) is 10.1. The van der Waals surface area contributed by atoms with E-state index in [1.807, 2.05) is 6.92 Å². The van der Waals surface area contributed by atoms with Crippen molar-refractivity contribution in [3.8, 4) is 11.5 Å². The summed E-state index contributed by atoms with van der Waals surface area (Å²) in [5.41, 5.74) is 1.53. The number of rotatable bonds is 1. The van der Waals surface area contributed by atoms with Crippen molar-refractivity contribution in [2.45, 2.75) is 6.92 Å². The maximum Gasteiger partial charge on any atom is 1.00 e. The number of methoxy groups -OCH3 is 1. The number of aryl methyl sites for hydroxylation is 1. The first-order chi connectivity index (χ1) is 6.72. The molecule has 5 heteroatoms. The van der Waals surface area contributed by atoms with Crippen molar-refractivity contribution in [3.63, 3.8) is 0 Å². The number of fused-ring (bicyclic) bond motifs is 1. The van der Waals surface area contributed by atoms with E-state index in [9.17, 15) is 5.11 Å². The van der Waals surface area contributed by atoms with Crippen LogP contribution in [0, 0.1) is 6.92 Å². The van der Waals surface area contributed by atoms with Gasteiger partial charge in [-0.25, -0.2) is 9.97 Å². The van der Waals surface area contributed by atoms with Crippen LogP contribution in [0.1, 0.15) is 5.69 Å². The minimum absolute atomic E-state index is 0. The molecule has 0 radical (unpaired) electrons. The maximum absolute atomic E-state index is 11.4. The summed E-state index contributed by atoms with van der Waals surface area (Å²) in [4.78, 5) is 8.07. The second-order valence-corrected chi connectivity index (χ2v) is 2.98. The standard InChI is InChI=1S/C10H10N2O2.Rb/c1-6-7-3-9(13)10(14-2)4-8(7)12-5-11-6;/h3-5,13H,1-2H3;/q;+1/p-1. The molecule has 1 aromatic carbocycles.